The summed E-state index contributed by atoms with van der Waals surface area (Å²) in [6.45, 7) is 1.56. The monoisotopic (exact) mass is 347 g/mol. The van der Waals surface area contributed by atoms with Crippen LogP contribution in [0.4, 0.5) is 5.69 Å². The van der Waals surface area contributed by atoms with Crippen LogP contribution >= 0.6 is 0 Å². The highest BCUT2D eigenvalue weighted by atomic mass is 32.2. The molecule has 0 aromatic heterocycles. The average Bonchev–Trinajstić information content (AvgIpc) is 2.52. The van der Waals surface area contributed by atoms with Crippen LogP contribution in [-0.4, -0.2) is 33.0 Å². The van der Waals surface area contributed by atoms with Crippen molar-refractivity contribution >= 4 is 27.5 Å². The van der Waals surface area contributed by atoms with E-state index in [1.807, 2.05) is 19.1 Å². The number of aryl methyl sites for hydroxylation is 1. The van der Waals surface area contributed by atoms with Crippen LogP contribution in [0.2, 0.25) is 0 Å². The van der Waals surface area contributed by atoms with Gasteiger partial charge in [-0.15, -0.1) is 0 Å². The quantitative estimate of drug-likeness (QED) is 0.640. The summed E-state index contributed by atoms with van der Waals surface area (Å²) in [5.74, 6) is -0.944. The molecule has 0 fully saturated rings. The molecule has 0 unspecified atom stereocenters. The Bertz CT molecular complexity index is 840. The molecule has 7 heteroatoms. The van der Waals surface area contributed by atoms with Crippen LogP contribution in [0.25, 0.3) is 0 Å². The molecular weight excluding hydrogens is 330 g/mol. The minimum atomic E-state index is -3.38. The van der Waals surface area contributed by atoms with E-state index in [-0.39, 0.29) is 18.0 Å². The fourth-order valence-electron chi connectivity index (χ4n) is 1.93. The summed E-state index contributed by atoms with van der Waals surface area (Å²) >= 11 is 0. The second kappa shape index (κ2) is 7.27. The Labute approximate surface area is 140 Å². The molecule has 2 aromatic rings. The molecule has 0 aliphatic rings. The molecule has 0 aliphatic heterocycles. The van der Waals surface area contributed by atoms with Crippen molar-refractivity contribution in [3.05, 3.63) is 65.2 Å². The van der Waals surface area contributed by atoms with E-state index < -0.39 is 16.0 Å². The van der Waals surface area contributed by atoms with Gasteiger partial charge in [0.15, 0.2) is 12.4 Å². The molecule has 0 heterocycles. The molecule has 0 spiro atoms. The number of esters is 1. The van der Waals surface area contributed by atoms with Crippen molar-refractivity contribution in [2.75, 3.05) is 17.6 Å². The normalized spacial score (nSPS) is 10.9. The summed E-state index contributed by atoms with van der Waals surface area (Å²) in [5, 5.41) is 0. The smallest absolute Gasteiger partial charge is 0.338 e. The first-order chi connectivity index (χ1) is 11.2. The molecule has 0 saturated heterocycles. The third kappa shape index (κ3) is 5.20. The number of ether oxygens (including phenoxy) is 1. The van der Waals surface area contributed by atoms with E-state index in [4.69, 9.17) is 4.74 Å². The van der Waals surface area contributed by atoms with E-state index in [1.165, 1.54) is 24.3 Å². The topological polar surface area (TPSA) is 89.5 Å². The number of benzene rings is 2. The Morgan fingerprint density at radius 1 is 0.958 bits per heavy atom. The highest BCUT2D eigenvalue weighted by molar-refractivity contribution is 7.92. The molecule has 24 heavy (non-hydrogen) atoms. The lowest BCUT2D eigenvalue weighted by molar-refractivity contribution is 0.0475. The number of rotatable bonds is 6. The van der Waals surface area contributed by atoms with Crippen LogP contribution in [0, 0.1) is 6.92 Å². The van der Waals surface area contributed by atoms with Gasteiger partial charge < -0.3 is 4.74 Å². The number of hydrogen-bond acceptors (Lipinski definition) is 5. The SMILES string of the molecule is Cc1ccc(C(=O)COC(=O)c2ccc(NS(C)(=O)=O)cc2)cc1. The molecule has 0 radical (unpaired) electrons. The number of hydrogen-bond donors (Lipinski definition) is 1. The molecule has 0 aliphatic carbocycles. The summed E-state index contributed by atoms with van der Waals surface area (Å²) in [7, 11) is -3.38. The summed E-state index contributed by atoms with van der Waals surface area (Å²) in [4.78, 5) is 23.9. The number of sulfonamides is 1. The van der Waals surface area contributed by atoms with Gasteiger partial charge in [-0.2, -0.15) is 0 Å². The van der Waals surface area contributed by atoms with Gasteiger partial charge in [0.2, 0.25) is 10.0 Å². The van der Waals surface area contributed by atoms with Crippen LogP contribution < -0.4 is 4.72 Å². The van der Waals surface area contributed by atoms with Gasteiger partial charge >= 0.3 is 5.97 Å². The first-order valence-electron chi connectivity index (χ1n) is 7.09. The van der Waals surface area contributed by atoms with Crippen LogP contribution in [0.1, 0.15) is 26.3 Å². The minimum absolute atomic E-state index is 0.228. The Balaban J connectivity index is 1.95. The number of carbonyl (C=O) groups excluding carboxylic acids is 2. The first-order valence-corrected chi connectivity index (χ1v) is 8.98. The van der Waals surface area contributed by atoms with E-state index in [0.29, 0.717) is 11.3 Å². The van der Waals surface area contributed by atoms with Crippen LogP contribution in [0.3, 0.4) is 0 Å². The van der Waals surface area contributed by atoms with E-state index in [9.17, 15) is 18.0 Å². The zero-order valence-electron chi connectivity index (χ0n) is 13.3. The molecule has 126 valence electrons. The second-order valence-corrected chi connectivity index (χ2v) is 7.07. The van der Waals surface area contributed by atoms with Crippen molar-refractivity contribution in [3.63, 3.8) is 0 Å². The van der Waals surface area contributed by atoms with Gasteiger partial charge in [-0.25, -0.2) is 13.2 Å². The van der Waals surface area contributed by atoms with Gasteiger partial charge in [0.05, 0.1) is 11.8 Å². The molecule has 2 aromatic carbocycles. The molecule has 6 nitrogen and oxygen atoms in total. The molecule has 0 bridgehead atoms. The first kappa shape index (κ1) is 17.7. The third-order valence-electron chi connectivity index (χ3n) is 3.13. The molecule has 0 amide bonds. The standard InChI is InChI=1S/C17H17NO5S/c1-12-3-5-13(6-4-12)16(19)11-23-17(20)14-7-9-15(10-8-14)18-24(2,21)22/h3-10,18H,11H2,1-2H3. The molecule has 0 atom stereocenters. The lowest BCUT2D eigenvalue weighted by atomic mass is 10.1. The van der Waals surface area contributed by atoms with Gasteiger partial charge in [0.1, 0.15) is 0 Å². The van der Waals surface area contributed by atoms with Gasteiger partial charge in [-0.05, 0) is 31.2 Å². The maximum absolute atomic E-state index is 11.9. The maximum Gasteiger partial charge on any atom is 0.338 e. The van der Waals surface area contributed by atoms with Crippen LogP contribution in [0.5, 0.6) is 0 Å². The maximum atomic E-state index is 11.9. The van der Waals surface area contributed by atoms with Gasteiger partial charge in [0, 0.05) is 11.3 Å². The van der Waals surface area contributed by atoms with E-state index >= 15 is 0 Å². The average molecular weight is 347 g/mol. The number of anilines is 1. The van der Waals surface area contributed by atoms with Crippen molar-refractivity contribution < 1.29 is 22.7 Å². The minimum Gasteiger partial charge on any atom is -0.454 e. The second-order valence-electron chi connectivity index (χ2n) is 5.32. The van der Waals surface area contributed by atoms with Crippen molar-refractivity contribution in [1.82, 2.24) is 0 Å². The van der Waals surface area contributed by atoms with E-state index in [1.54, 1.807) is 12.1 Å². The zero-order chi connectivity index (χ0) is 17.7. The third-order valence-corrected chi connectivity index (χ3v) is 3.74. The fraction of sp³-hybridized carbons (Fsp3) is 0.176. The lowest BCUT2D eigenvalue weighted by Crippen LogP contribution is -2.14. The summed E-state index contributed by atoms with van der Waals surface area (Å²) in [6, 6.07) is 12.7. The molecule has 1 N–H and O–H groups in total. The molecular formula is C17H17NO5S. The number of Topliss-reactive ketones (excluding diaryl/α,β-unsaturated/α-hetero) is 1. The lowest BCUT2D eigenvalue weighted by Gasteiger charge is -2.06. The van der Waals surface area contributed by atoms with Crippen LogP contribution in [-0.2, 0) is 14.8 Å². The molecule has 2 rings (SSSR count). The predicted octanol–water partition coefficient (Wildman–Crippen LogP) is 2.41. The van der Waals surface area contributed by atoms with Crippen molar-refractivity contribution in [3.8, 4) is 0 Å². The molecule has 0 saturated carbocycles. The fourth-order valence-corrected chi connectivity index (χ4v) is 2.49. The van der Waals surface area contributed by atoms with E-state index in [0.717, 1.165) is 11.8 Å². The Hall–Kier alpha value is -2.67. The highest BCUT2D eigenvalue weighted by Crippen LogP contribution is 2.12. The van der Waals surface area contributed by atoms with Crippen LogP contribution in [0.15, 0.2) is 48.5 Å². The summed E-state index contributed by atoms with van der Waals surface area (Å²) in [5.41, 5.74) is 2.07. The highest BCUT2D eigenvalue weighted by Gasteiger charge is 2.12. The number of nitrogens with one attached hydrogen (secondary N) is 1. The van der Waals surface area contributed by atoms with Gasteiger partial charge in [0.25, 0.3) is 0 Å². The predicted molar refractivity (Wildman–Crippen MR) is 90.7 cm³/mol. The summed E-state index contributed by atoms with van der Waals surface area (Å²) in [6.07, 6.45) is 1.03. The van der Waals surface area contributed by atoms with Gasteiger partial charge in [-0.3, -0.25) is 9.52 Å². The van der Waals surface area contributed by atoms with Crippen molar-refractivity contribution in [2.24, 2.45) is 0 Å². The van der Waals surface area contributed by atoms with Crippen molar-refractivity contribution in [2.45, 2.75) is 6.92 Å². The largest absolute Gasteiger partial charge is 0.454 e. The number of carbonyl (C=O) groups is 2. The Kier molecular flexibility index (Phi) is 5.35. The Morgan fingerprint density at radius 2 is 1.50 bits per heavy atom. The van der Waals surface area contributed by atoms with Gasteiger partial charge in [-0.1, -0.05) is 29.8 Å². The number of ketones is 1. The zero-order valence-corrected chi connectivity index (χ0v) is 14.1. The Morgan fingerprint density at radius 3 is 2.04 bits per heavy atom. The summed E-state index contributed by atoms with van der Waals surface area (Å²) < 4.78 is 29.5. The van der Waals surface area contributed by atoms with Crippen molar-refractivity contribution in [1.29, 1.82) is 0 Å². The van der Waals surface area contributed by atoms with E-state index in [2.05, 4.69) is 4.72 Å².